The van der Waals surface area contributed by atoms with Gasteiger partial charge in [0.05, 0.1) is 0 Å². The number of fused-ring (bicyclic) bond motifs is 3. The summed E-state index contributed by atoms with van der Waals surface area (Å²) in [5.74, 6) is -53.9. The molecule has 73 heavy (non-hydrogen) atoms. The minimum absolute atomic E-state index is 0.278. The van der Waals surface area contributed by atoms with E-state index >= 15 is 70.2 Å². The fourth-order valence-corrected chi connectivity index (χ4v) is 7.99. The zero-order valence-corrected chi connectivity index (χ0v) is 34.4. The Hall–Kier alpha value is -7.04. The second-order valence-electron chi connectivity index (χ2n) is 15.7. The zero-order chi connectivity index (χ0) is 55.2. The van der Waals surface area contributed by atoms with E-state index < -0.39 is 212 Å². The summed E-state index contributed by atoms with van der Waals surface area (Å²) in [4.78, 5) is -1.97. The number of hydrogen-bond donors (Lipinski definition) is 0. The Labute approximate surface area is 384 Å². The third-order valence-corrected chi connectivity index (χ3v) is 11.1. The van der Waals surface area contributed by atoms with Gasteiger partial charge in [0.2, 0.25) is 0 Å². The lowest BCUT2D eigenvalue weighted by molar-refractivity contribution is -0.144. The molecule has 0 bridgehead atoms. The van der Waals surface area contributed by atoms with Crippen molar-refractivity contribution in [3.05, 3.63) is 163 Å². The summed E-state index contributed by atoms with van der Waals surface area (Å²) in [6.45, 7) is 1.79. The third-order valence-electron chi connectivity index (χ3n) is 11.1. The first-order chi connectivity index (χ1) is 33.2. The van der Waals surface area contributed by atoms with E-state index in [1.807, 2.05) is 0 Å². The van der Waals surface area contributed by atoms with E-state index in [4.69, 9.17) is 0 Å². The number of benzene rings is 6. The average molecular weight is 1090 g/mol. The standard InChI is InChI=1S/C43H12F28N2/c1-39(2)13-7-9(72(35-27(52)19(44)15(40(60,61)62)20(45)28(35)53)36-29(54)21(46)16(41(63,64)65)22(47)30(36)55)3-5-11(13)12-6-4-10(8-14(12)39)73(37-31(56)23(48)17(42(66,67)68)24(49)32(37)57)38-33(58)25(50)18(43(69,70)71)26(51)34(38)59/h3-8H,1-2H3. The summed E-state index contributed by atoms with van der Waals surface area (Å²) < 4.78 is 409. The first-order valence-corrected chi connectivity index (χ1v) is 18.9. The normalized spacial score (nSPS) is 13.7. The maximum atomic E-state index is 15.8. The molecule has 0 saturated carbocycles. The summed E-state index contributed by atoms with van der Waals surface area (Å²) in [5, 5.41) is 0. The Morgan fingerprint density at radius 3 is 0.630 bits per heavy atom. The van der Waals surface area contributed by atoms with Crippen LogP contribution in [0.3, 0.4) is 0 Å². The minimum Gasteiger partial charge on any atom is -0.300 e. The number of nitrogens with zero attached hydrogens (tertiary/aromatic N) is 2. The van der Waals surface area contributed by atoms with Crippen molar-refractivity contribution in [3.8, 4) is 11.1 Å². The molecule has 0 amide bonds. The van der Waals surface area contributed by atoms with Gasteiger partial charge in [-0.1, -0.05) is 26.0 Å². The predicted octanol–water partition coefficient (Wildman–Crippen LogP) is 17.2. The molecule has 0 spiro atoms. The van der Waals surface area contributed by atoms with Crippen molar-refractivity contribution in [1.82, 2.24) is 0 Å². The second-order valence-corrected chi connectivity index (χ2v) is 15.7. The topological polar surface area (TPSA) is 6.48 Å². The van der Waals surface area contributed by atoms with Crippen molar-refractivity contribution in [2.45, 2.75) is 44.0 Å². The Bertz CT molecular complexity index is 2850. The Balaban J connectivity index is 1.54. The largest absolute Gasteiger partial charge is 0.422 e. The van der Waals surface area contributed by atoms with E-state index in [0.717, 1.165) is 13.8 Å². The molecule has 6 aromatic rings. The van der Waals surface area contributed by atoms with Gasteiger partial charge in [-0.05, 0) is 46.5 Å². The summed E-state index contributed by atoms with van der Waals surface area (Å²) in [7, 11) is 0. The smallest absolute Gasteiger partial charge is 0.300 e. The van der Waals surface area contributed by atoms with E-state index in [1.54, 1.807) is 0 Å². The van der Waals surface area contributed by atoms with Gasteiger partial charge in [0.25, 0.3) is 0 Å². The highest BCUT2D eigenvalue weighted by Crippen LogP contribution is 2.56. The van der Waals surface area contributed by atoms with Crippen LogP contribution >= 0.6 is 0 Å². The van der Waals surface area contributed by atoms with Crippen molar-refractivity contribution in [1.29, 1.82) is 0 Å². The second kappa shape index (κ2) is 17.0. The SMILES string of the molecule is CC1(C)c2cc(N(c3c(F)c(F)c(C(F)(F)F)c(F)c3F)c3c(F)c(F)c(C(F)(F)F)c(F)c3F)ccc2-c2ccc(N(c3c(F)c(F)c(C(F)(F)F)c(F)c3F)c3c(F)c(F)c(C(F)(F)F)c(F)c3F)cc21. The van der Waals surface area contributed by atoms with Crippen molar-refractivity contribution in [2.75, 3.05) is 9.80 Å². The maximum Gasteiger partial charge on any atom is 0.422 e. The van der Waals surface area contributed by atoms with E-state index in [2.05, 4.69) is 0 Å². The lowest BCUT2D eigenvalue weighted by Crippen LogP contribution is -2.25. The number of halogens is 28. The van der Waals surface area contributed by atoms with Gasteiger partial charge < -0.3 is 0 Å². The Morgan fingerprint density at radius 2 is 0.466 bits per heavy atom. The van der Waals surface area contributed by atoms with E-state index in [0.29, 0.717) is 24.3 Å². The predicted molar refractivity (Wildman–Crippen MR) is 193 cm³/mol. The molecule has 0 aromatic heterocycles. The summed E-state index contributed by atoms with van der Waals surface area (Å²) >= 11 is 0. The molecule has 6 aromatic carbocycles. The van der Waals surface area contributed by atoms with Crippen molar-refractivity contribution >= 4 is 34.1 Å². The molecule has 0 N–H and O–H groups in total. The number of anilines is 6. The van der Waals surface area contributed by atoms with Crippen LogP contribution in [-0.4, -0.2) is 0 Å². The molecular weight excluding hydrogens is 1080 g/mol. The molecule has 390 valence electrons. The van der Waals surface area contributed by atoms with Crippen LogP contribution in [0.1, 0.15) is 47.2 Å². The fourth-order valence-electron chi connectivity index (χ4n) is 7.99. The molecule has 30 heteroatoms. The van der Waals surface area contributed by atoms with Gasteiger partial charge in [0.1, 0.15) is 45.0 Å². The highest BCUT2D eigenvalue weighted by atomic mass is 19.4. The van der Waals surface area contributed by atoms with Crippen LogP contribution < -0.4 is 9.80 Å². The molecule has 0 saturated heterocycles. The molecule has 2 nitrogen and oxygen atoms in total. The summed E-state index contributed by atoms with van der Waals surface area (Å²) in [5.41, 5.74) is -32.0. The molecule has 0 aliphatic heterocycles. The molecule has 0 radical (unpaired) electrons. The molecule has 0 atom stereocenters. The minimum atomic E-state index is -6.35. The number of hydrogen-bond acceptors (Lipinski definition) is 2. The molecule has 1 aliphatic carbocycles. The number of alkyl halides is 12. The number of rotatable bonds is 6. The van der Waals surface area contributed by atoms with Crippen LogP contribution in [0.2, 0.25) is 0 Å². The van der Waals surface area contributed by atoms with Crippen LogP contribution in [0.5, 0.6) is 0 Å². The van der Waals surface area contributed by atoms with Crippen LogP contribution in [0.15, 0.2) is 36.4 Å². The van der Waals surface area contributed by atoms with Gasteiger partial charge in [0, 0.05) is 16.8 Å². The fraction of sp³-hybridized carbons (Fsp3) is 0.163. The van der Waals surface area contributed by atoms with Gasteiger partial charge in [0.15, 0.2) is 93.1 Å². The monoisotopic (exact) mass is 1090 g/mol. The van der Waals surface area contributed by atoms with Gasteiger partial charge in [-0.3, -0.25) is 9.80 Å². The third kappa shape index (κ3) is 8.04. The molecule has 7 rings (SSSR count). The molecule has 0 unspecified atom stereocenters. The summed E-state index contributed by atoms with van der Waals surface area (Å²) in [6, 6.07) is 2.32. The van der Waals surface area contributed by atoms with Gasteiger partial charge in [-0.15, -0.1) is 0 Å². The van der Waals surface area contributed by atoms with Crippen LogP contribution in [0.25, 0.3) is 11.1 Å². The van der Waals surface area contributed by atoms with Gasteiger partial charge in [-0.25, -0.2) is 70.2 Å². The Morgan fingerprint density at radius 1 is 0.288 bits per heavy atom. The summed E-state index contributed by atoms with van der Waals surface area (Å²) in [6.07, 6.45) is -25.4. The van der Waals surface area contributed by atoms with E-state index in [1.165, 1.54) is 0 Å². The maximum absolute atomic E-state index is 15.8. The average Bonchev–Trinajstić information content (AvgIpc) is 3.48. The Kier molecular flexibility index (Phi) is 12.5. The van der Waals surface area contributed by atoms with E-state index in [-0.39, 0.29) is 12.1 Å². The van der Waals surface area contributed by atoms with Crippen molar-refractivity contribution < 1.29 is 123 Å². The first-order valence-electron chi connectivity index (χ1n) is 18.9. The van der Waals surface area contributed by atoms with Crippen LogP contribution in [0, 0.1) is 93.1 Å². The highest BCUT2D eigenvalue weighted by molar-refractivity contribution is 5.89. The first kappa shape index (κ1) is 53.8. The van der Waals surface area contributed by atoms with Crippen molar-refractivity contribution in [3.63, 3.8) is 0 Å². The molecule has 0 fully saturated rings. The van der Waals surface area contributed by atoms with Crippen molar-refractivity contribution in [2.24, 2.45) is 0 Å². The highest BCUT2D eigenvalue weighted by Gasteiger charge is 2.50. The quantitative estimate of drug-likeness (QED) is 0.121. The lowest BCUT2D eigenvalue weighted by Gasteiger charge is -2.31. The van der Waals surface area contributed by atoms with E-state index in [9.17, 15) is 52.7 Å². The lowest BCUT2D eigenvalue weighted by atomic mass is 9.82. The molecule has 0 heterocycles. The van der Waals surface area contributed by atoms with Gasteiger partial charge in [-0.2, -0.15) is 52.7 Å². The molecular formula is C43H12F28N2. The van der Waals surface area contributed by atoms with Crippen LogP contribution in [0.4, 0.5) is 157 Å². The zero-order valence-electron chi connectivity index (χ0n) is 34.4. The molecule has 1 aliphatic rings. The van der Waals surface area contributed by atoms with Crippen LogP contribution in [-0.2, 0) is 30.1 Å². The van der Waals surface area contributed by atoms with Gasteiger partial charge >= 0.3 is 24.7 Å².